The molecule has 0 radical (unpaired) electrons. The molecule has 51 valence electrons. The second-order valence-electron chi connectivity index (χ2n) is 2.16. The van der Waals surface area contributed by atoms with E-state index in [1.807, 2.05) is 0 Å². The Morgan fingerprint density at radius 3 is 2.40 bits per heavy atom. The van der Waals surface area contributed by atoms with Crippen molar-refractivity contribution >= 4 is 33.7 Å². The summed E-state index contributed by atoms with van der Waals surface area (Å²) < 4.78 is 1.61. The van der Waals surface area contributed by atoms with Gasteiger partial charge in [-0.1, -0.05) is 0 Å². The summed E-state index contributed by atoms with van der Waals surface area (Å²) in [5.41, 5.74) is 0. The normalized spacial score (nSPS) is 9.40. The summed E-state index contributed by atoms with van der Waals surface area (Å²) in [6, 6.07) is 10.9. The SMILES string of the molecule is C[S][Zn]([I])[c]1ccccc1. The summed E-state index contributed by atoms with van der Waals surface area (Å²) >= 11 is 1.37. The number of rotatable bonds is 2. The van der Waals surface area contributed by atoms with Crippen molar-refractivity contribution in [2.45, 2.75) is 0 Å². The molecule has 0 saturated heterocycles. The Labute approximate surface area is 80.7 Å². The van der Waals surface area contributed by atoms with Crippen molar-refractivity contribution in [3.05, 3.63) is 30.3 Å². The standard InChI is InChI=1S/C6H5.CH4S.HI.Zn/c1-2-4-6-5-3-1;1-2;;/h1-5H;2H,1H3;1H;/q;;;+2/p-2. The van der Waals surface area contributed by atoms with E-state index in [4.69, 9.17) is 0 Å². The Balaban J connectivity index is 2.75. The van der Waals surface area contributed by atoms with Gasteiger partial charge >= 0.3 is 81.5 Å². The van der Waals surface area contributed by atoms with E-state index in [0.717, 1.165) is 0 Å². The number of halogens is 1. The van der Waals surface area contributed by atoms with Crippen LogP contribution in [0.25, 0.3) is 0 Å². The molecule has 0 nitrogen and oxygen atoms in total. The van der Waals surface area contributed by atoms with E-state index in [1.165, 1.54) is 0 Å². The molecule has 3 heteroatoms. The fourth-order valence-electron chi connectivity index (χ4n) is 0.830. The molecule has 1 rings (SSSR count). The van der Waals surface area contributed by atoms with Gasteiger partial charge in [0.2, 0.25) is 0 Å². The van der Waals surface area contributed by atoms with Crippen molar-refractivity contribution in [3.63, 3.8) is 0 Å². The van der Waals surface area contributed by atoms with E-state index < -0.39 is 11.2 Å². The molecule has 0 aliphatic heterocycles. The van der Waals surface area contributed by atoms with Crippen LogP contribution in [0.5, 0.6) is 0 Å². The van der Waals surface area contributed by atoms with E-state index in [-0.39, 0.29) is 0 Å². The van der Waals surface area contributed by atoms with Crippen LogP contribution in [0, 0.1) is 0 Å². The molecule has 10 heavy (non-hydrogen) atoms. The Morgan fingerprint density at radius 1 is 1.30 bits per heavy atom. The predicted octanol–water partition coefficient (Wildman–Crippen LogP) is 2.56. The van der Waals surface area contributed by atoms with E-state index in [2.05, 4.69) is 66.1 Å². The minimum absolute atomic E-state index is 1.28. The molecule has 0 saturated carbocycles. The van der Waals surface area contributed by atoms with Gasteiger partial charge in [-0.25, -0.2) is 0 Å². The van der Waals surface area contributed by atoms with Crippen molar-refractivity contribution in [2.24, 2.45) is 0 Å². The average molecular weight is 317 g/mol. The fraction of sp³-hybridized carbons (Fsp3) is 0.143. The van der Waals surface area contributed by atoms with Crippen molar-refractivity contribution < 1.29 is 11.2 Å². The van der Waals surface area contributed by atoms with Crippen molar-refractivity contribution in [3.8, 4) is 0 Å². The summed E-state index contributed by atoms with van der Waals surface area (Å²) in [7, 11) is 2.07. The molecule has 0 amide bonds. The van der Waals surface area contributed by atoms with E-state index in [9.17, 15) is 0 Å². The first-order valence-electron chi connectivity index (χ1n) is 3.23. The van der Waals surface area contributed by atoms with Gasteiger partial charge in [-0.15, -0.1) is 0 Å². The topological polar surface area (TPSA) is 0 Å². The van der Waals surface area contributed by atoms with Gasteiger partial charge in [-0.2, -0.15) is 0 Å². The zero-order chi connectivity index (χ0) is 7.40. The first-order valence-corrected chi connectivity index (χ1v) is 18.8. The van der Waals surface area contributed by atoms with Gasteiger partial charge in [0.1, 0.15) is 0 Å². The third-order valence-electron chi connectivity index (χ3n) is 1.42. The zero-order valence-electron chi connectivity index (χ0n) is 5.88. The molecule has 0 N–H and O–H groups in total. The van der Waals surface area contributed by atoms with Crippen molar-refractivity contribution in [1.29, 1.82) is 0 Å². The van der Waals surface area contributed by atoms with Gasteiger partial charge < -0.3 is 0 Å². The fourth-order valence-corrected chi connectivity index (χ4v) is 8.25. The van der Waals surface area contributed by atoms with Gasteiger partial charge in [0.05, 0.1) is 0 Å². The van der Waals surface area contributed by atoms with Crippen LogP contribution in [0.2, 0.25) is 0 Å². The maximum atomic E-state index is 2.64. The molecule has 0 aromatic heterocycles. The summed E-state index contributed by atoms with van der Waals surface area (Å²) in [5, 5.41) is 0. The molecule has 0 heterocycles. The van der Waals surface area contributed by atoms with Crippen molar-refractivity contribution in [2.75, 3.05) is 6.26 Å². The monoisotopic (exact) mass is 315 g/mol. The second-order valence-corrected chi connectivity index (χ2v) is 26.0. The summed E-state index contributed by atoms with van der Waals surface area (Å²) in [6.45, 7) is 0. The molecule has 0 atom stereocenters. The van der Waals surface area contributed by atoms with Crippen LogP contribution in [-0.2, 0) is 11.2 Å². The van der Waals surface area contributed by atoms with Crippen LogP contribution in [0.15, 0.2) is 30.3 Å². The molecular formula is C7H8ISZn. The Hall–Kier alpha value is 0.923. The minimum atomic E-state index is -1.28. The zero-order valence-corrected chi connectivity index (χ0v) is 11.8. The van der Waals surface area contributed by atoms with Crippen LogP contribution in [0.4, 0.5) is 0 Å². The number of hydrogen-bond acceptors (Lipinski definition) is 1. The van der Waals surface area contributed by atoms with Crippen LogP contribution < -0.4 is 4.16 Å². The molecule has 0 spiro atoms. The maximum absolute atomic E-state index is 2.64. The molecular weight excluding hydrogens is 308 g/mol. The summed E-state index contributed by atoms with van der Waals surface area (Å²) in [5.74, 6) is 0. The number of benzene rings is 1. The van der Waals surface area contributed by atoms with Crippen molar-refractivity contribution in [1.82, 2.24) is 0 Å². The molecule has 0 fully saturated rings. The first kappa shape index (κ1) is 9.01. The quantitative estimate of drug-likeness (QED) is 0.597. The Kier molecular flexibility index (Phi) is 4.27. The van der Waals surface area contributed by atoms with Crippen LogP contribution in [-0.4, -0.2) is 6.26 Å². The van der Waals surface area contributed by atoms with Crippen LogP contribution >= 0.6 is 29.5 Å². The van der Waals surface area contributed by atoms with E-state index >= 15 is 0 Å². The Morgan fingerprint density at radius 2 is 1.90 bits per heavy atom. The Bertz CT molecular complexity index is 190. The van der Waals surface area contributed by atoms with Gasteiger partial charge in [-0.3, -0.25) is 0 Å². The van der Waals surface area contributed by atoms with Gasteiger partial charge in [0, 0.05) is 0 Å². The summed E-state index contributed by atoms with van der Waals surface area (Å²) in [6.07, 6.45) is 2.22. The van der Waals surface area contributed by atoms with Crippen LogP contribution in [0.3, 0.4) is 0 Å². The number of hydrogen-bond donors (Lipinski definition) is 0. The molecule has 0 bridgehead atoms. The predicted molar refractivity (Wildman–Crippen MR) is 53.6 cm³/mol. The van der Waals surface area contributed by atoms with E-state index in [0.29, 0.717) is 0 Å². The summed E-state index contributed by atoms with van der Waals surface area (Å²) in [4.78, 5) is 0. The first-order chi connectivity index (χ1) is 4.84. The van der Waals surface area contributed by atoms with Gasteiger partial charge in [-0.05, 0) is 0 Å². The van der Waals surface area contributed by atoms with E-state index in [1.54, 1.807) is 4.16 Å². The molecule has 0 aliphatic rings. The molecule has 1 aromatic carbocycles. The molecule has 0 aliphatic carbocycles. The second kappa shape index (κ2) is 4.73. The van der Waals surface area contributed by atoms with Crippen LogP contribution in [0.1, 0.15) is 0 Å². The van der Waals surface area contributed by atoms with Gasteiger partial charge in [0.25, 0.3) is 0 Å². The third-order valence-corrected chi connectivity index (χ3v) is 23.5. The molecule has 1 aromatic rings. The molecule has 0 unspecified atom stereocenters. The third kappa shape index (κ3) is 2.52. The average Bonchev–Trinajstić information content (AvgIpc) is 2.05. The van der Waals surface area contributed by atoms with Gasteiger partial charge in [0.15, 0.2) is 0 Å².